The summed E-state index contributed by atoms with van der Waals surface area (Å²) in [5.41, 5.74) is 1.86. The van der Waals surface area contributed by atoms with E-state index in [0.29, 0.717) is 24.2 Å². The van der Waals surface area contributed by atoms with E-state index in [1.54, 1.807) is 11.1 Å². The van der Waals surface area contributed by atoms with Crippen molar-refractivity contribution in [3.63, 3.8) is 0 Å². The van der Waals surface area contributed by atoms with Crippen molar-refractivity contribution in [3.05, 3.63) is 66.3 Å². The van der Waals surface area contributed by atoms with E-state index < -0.39 is 0 Å². The molecular formula is C22H20N4O3. The normalized spacial score (nSPS) is 16.9. The Morgan fingerprint density at radius 2 is 1.90 bits per heavy atom. The molecule has 29 heavy (non-hydrogen) atoms. The summed E-state index contributed by atoms with van der Waals surface area (Å²) in [7, 11) is 0. The second kappa shape index (κ2) is 7.16. The fraction of sp³-hybridized carbons (Fsp3) is 0.273. The fourth-order valence-electron chi connectivity index (χ4n) is 3.76. The molecule has 1 saturated carbocycles. The van der Waals surface area contributed by atoms with Crippen molar-refractivity contribution in [2.75, 3.05) is 11.4 Å². The van der Waals surface area contributed by atoms with Crippen LogP contribution in [0.25, 0.3) is 11.3 Å². The van der Waals surface area contributed by atoms with Crippen LogP contribution >= 0.6 is 0 Å². The van der Waals surface area contributed by atoms with E-state index in [1.807, 2.05) is 47.4 Å². The number of aromatic nitrogens is 2. The van der Waals surface area contributed by atoms with E-state index in [-0.39, 0.29) is 30.5 Å². The van der Waals surface area contributed by atoms with Gasteiger partial charge in [-0.25, -0.2) is 9.97 Å². The van der Waals surface area contributed by atoms with Crippen molar-refractivity contribution in [1.29, 1.82) is 0 Å². The largest absolute Gasteiger partial charge is 0.443 e. The Morgan fingerprint density at radius 3 is 2.69 bits per heavy atom. The number of oxazole rings is 1. The summed E-state index contributed by atoms with van der Waals surface area (Å²) in [4.78, 5) is 38.3. The van der Waals surface area contributed by atoms with Crippen LogP contribution in [0, 0.1) is 0 Å². The Morgan fingerprint density at radius 1 is 1.07 bits per heavy atom. The number of rotatable bonds is 3. The van der Waals surface area contributed by atoms with Crippen LogP contribution in [0.4, 0.5) is 5.82 Å². The number of amides is 2. The number of benzene rings is 1. The van der Waals surface area contributed by atoms with Gasteiger partial charge in [0.1, 0.15) is 5.82 Å². The van der Waals surface area contributed by atoms with Gasteiger partial charge in [0.2, 0.25) is 5.91 Å². The lowest BCUT2D eigenvalue weighted by Crippen LogP contribution is -2.42. The molecule has 2 aliphatic rings. The first-order chi connectivity index (χ1) is 14.2. The lowest BCUT2D eigenvalue weighted by Gasteiger charge is -2.31. The molecule has 146 valence electrons. The first-order valence-corrected chi connectivity index (χ1v) is 9.76. The van der Waals surface area contributed by atoms with E-state index in [2.05, 4.69) is 9.97 Å². The number of carbonyl (C=O) groups is 2. The molecular weight excluding hydrogens is 368 g/mol. The predicted molar refractivity (Wildman–Crippen MR) is 106 cm³/mol. The molecule has 0 radical (unpaired) electrons. The van der Waals surface area contributed by atoms with E-state index in [1.165, 1.54) is 6.39 Å². The van der Waals surface area contributed by atoms with Gasteiger partial charge < -0.3 is 9.32 Å². The van der Waals surface area contributed by atoms with Crippen LogP contribution in [-0.2, 0) is 11.3 Å². The zero-order valence-electron chi connectivity index (χ0n) is 15.8. The van der Waals surface area contributed by atoms with Crippen LogP contribution in [0.5, 0.6) is 0 Å². The van der Waals surface area contributed by atoms with Gasteiger partial charge in [0.05, 0.1) is 0 Å². The summed E-state index contributed by atoms with van der Waals surface area (Å²) < 4.78 is 5.53. The Kier molecular flexibility index (Phi) is 4.35. The summed E-state index contributed by atoms with van der Waals surface area (Å²) >= 11 is 0. The summed E-state index contributed by atoms with van der Waals surface area (Å²) in [6.45, 7) is 0.729. The molecule has 0 spiro atoms. The monoisotopic (exact) mass is 388 g/mol. The quantitative estimate of drug-likeness (QED) is 0.688. The molecule has 0 N–H and O–H groups in total. The Labute approximate surface area is 168 Å². The minimum atomic E-state index is -0.315. The van der Waals surface area contributed by atoms with Gasteiger partial charge in [-0.3, -0.25) is 14.5 Å². The number of fused-ring (bicyclic) bond motifs is 1. The summed E-state index contributed by atoms with van der Waals surface area (Å²) in [6.07, 6.45) is 5.30. The molecule has 1 aliphatic heterocycles. The van der Waals surface area contributed by atoms with Crippen molar-refractivity contribution in [3.8, 4) is 11.3 Å². The molecule has 0 saturated heterocycles. The lowest BCUT2D eigenvalue weighted by molar-refractivity contribution is -0.132. The highest BCUT2D eigenvalue weighted by atomic mass is 16.3. The van der Waals surface area contributed by atoms with Gasteiger partial charge in [-0.05, 0) is 18.9 Å². The average molecular weight is 388 g/mol. The molecule has 0 unspecified atom stereocenters. The molecule has 0 atom stereocenters. The molecule has 7 heteroatoms. The number of hydrogen-bond acceptors (Lipinski definition) is 5. The van der Waals surface area contributed by atoms with E-state index in [9.17, 15) is 9.59 Å². The van der Waals surface area contributed by atoms with E-state index >= 15 is 0 Å². The number of pyridine rings is 1. The molecule has 1 aromatic carbocycles. The van der Waals surface area contributed by atoms with Crippen LogP contribution in [0.1, 0.15) is 35.3 Å². The highest BCUT2D eigenvalue weighted by Gasteiger charge is 2.36. The maximum atomic E-state index is 13.5. The van der Waals surface area contributed by atoms with Crippen molar-refractivity contribution in [2.45, 2.75) is 31.8 Å². The highest BCUT2D eigenvalue weighted by Crippen LogP contribution is 2.33. The first kappa shape index (κ1) is 17.6. The van der Waals surface area contributed by atoms with Gasteiger partial charge in [-0.2, -0.15) is 0 Å². The molecule has 7 nitrogen and oxygen atoms in total. The number of carbonyl (C=O) groups excluding carboxylic acids is 2. The van der Waals surface area contributed by atoms with Crippen LogP contribution < -0.4 is 4.90 Å². The highest BCUT2D eigenvalue weighted by molar-refractivity contribution is 6.08. The maximum absolute atomic E-state index is 13.5. The molecule has 2 aromatic heterocycles. The zero-order chi connectivity index (χ0) is 19.8. The predicted octanol–water partition coefficient (Wildman–Crippen LogP) is 3.28. The second-order valence-electron chi connectivity index (χ2n) is 7.34. The molecule has 2 amide bonds. The van der Waals surface area contributed by atoms with Gasteiger partial charge in [-0.1, -0.05) is 36.4 Å². The third-order valence-corrected chi connectivity index (χ3v) is 5.37. The Bertz CT molecular complexity index is 1060. The summed E-state index contributed by atoms with van der Waals surface area (Å²) in [6, 6.07) is 13.5. The number of anilines is 1. The Balaban J connectivity index is 1.53. The SMILES string of the molecule is O=C(c1ncoc1-c1ccccc1)N1CCC(=O)N(C2CC2)Cc2cccnc21. The summed E-state index contributed by atoms with van der Waals surface area (Å²) in [5, 5.41) is 0. The fourth-order valence-corrected chi connectivity index (χ4v) is 3.76. The molecule has 0 bridgehead atoms. The van der Waals surface area contributed by atoms with Gasteiger partial charge in [-0.15, -0.1) is 0 Å². The summed E-state index contributed by atoms with van der Waals surface area (Å²) in [5.74, 6) is 0.757. The van der Waals surface area contributed by atoms with Gasteiger partial charge >= 0.3 is 0 Å². The van der Waals surface area contributed by atoms with Crippen LogP contribution in [-0.4, -0.2) is 39.3 Å². The van der Waals surface area contributed by atoms with Crippen molar-refractivity contribution in [2.24, 2.45) is 0 Å². The van der Waals surface area contributed by atoms with E-state index in [4.69, 9.17) is 4.42 Å². The van der Waals surface area contributed by atoms with E-state index in [0.717, 1.165) is 24.0 Å². The third-order valence-electron chi connectivity index (χ3n) is 5.37. The molecule has 1 fully saturated rings. The van der Waals surface area contributed by atoms with Crippen molar-refractivity contribution < 1.29 is 14.0 Å². The average Bonchev–Trinajstić information content (AvgIpc) is 3.46. The van der Waals surface area contributed by atoms with Crippen molar-refractivity contribution >= 4 is 17.6 Å². The smallest absolute Gasteiger partial charge is 0.282 e. The van der Waals surface area contributed by atoms with Crippen molar-refractivity contribution in [1.82, 2.24) is 14.9 Å². The third kappa shape index (κ3) is 3.29. The molecule has 1 aliphatic carbocycles. The Hall–Kier alpha value is -3.48. The second-order valence-corrected chi connectivity index (χ2v) is 7.34. The molecule has 3 aromatic rings. The topological polar surface area (TPSA) is 79.5 Å². The number of hydrogen-bond donors (Lipinski definition) is 0. The zero-order valence-corrected chi connectivity index (χ0v) is 15.8. The number of nitrogens with zero attached hydrogens (tertiary/aromatic N) is 4. The first-order valence-electron chi connectivity index (χ1n) is 9.76. The molecule has 3 heterocycles. The lowest BCUT2D eigenvalue weighted by atomic mass is 10.1. The standard InChI is InChI=1S/C22H20N4O3/c27-18-10-12-25(21-16(7-4-11-23-21)13-26(18)17-8-9-17)22(28)19-20(29-14-24-19)15-5-2-1-3-6-15/h1-7,11,14,17H,8-10,12-13H2. The van der Waals surface area contributed by atoms with Gasteiger partial charge in [0.15, 0.2) is 17.8 Å². The van der Waals surface area contributed by atoms with Gasteiger partial charge in [0.25, 0.3) is 5.91 Å². The van der Waals surface area contributed by atoms with Crippen LogP contribution in [0.3, 0.4) is 0 Å². The van der Waals surface area contributed by atoms with Crippen LogP contribution in [0.2, 0.25) is 0 Å². The maximum Gasteiger partial charge on any atom is 0.282 e. The minimum Gasteiger partial charge on any atom is -0.443 e. The van der Waals surface area contributed by atoms with Crippen LogP contribution in [0.15, 0.2) is 59.5 Å². The van der Waals surface area contributed by atoms with Gasteiger partial charge in [0, 0.05) is 42.9 Å². The minimum absolute atomic E-state index is 0.0724. The molecule has 5 rings (SSSR count).